The molecule has 0 aliphatic heterocycles. The van der Waals surface area contributed by atoms with Gasteiger partial charge in [0.25, 0.3) is 0 Å². The molecule has 5 aromatic rings. The molecule has 0 aromatic heterocycles. The van der Waals surface area contributed by atoms with E-state index in [1.165, 1.54) is 32.9 Å². The van der Waals surface area contributed by atoms with Crippen LogP contribution in [0.2, 0.25) is 0 Å². The summed E-state index contributed by atoms with van der Waals surface area (Å²) >= 11 is 0. The summed E-state index contributed by atoms with van der Waals surface area (Å²) in [5, 5.41) is 4.92. The Hall–Kier alpha value is -3.78. The van der Waals surface area contributed by atoms with E-state index in [2.05, 4.69) is 121 Å². The van der Waals surface area contributed by atoms with Crippen molar-refractivity contribution in [1.82, 2.24) is 0 Å². The first-order valence-electron chi connectivity index (χ1n) is 11.3. The third kappa shape index (κ3) is 3.92. The quantitative estimate of drug-likeness (QED) is 0.246. The second-order valence-corrected chi connectivity index (χ2v) is 8.03. The van der Waals surface area contributed by atoms with Gasteiger partial charge in [0, 0.05) is 16.5 Å². The minimum absolute atomic E-state index is 0.756. The van der Waals surface area contributed by atoms with Crippen molar-refractivity contribution in [3.63, 3.8) is 0 Å². The molecule has 158 valence electrons. The Labute approximate surface area is 189 Å². The SMILES string of the molecule is CCCCOc1ccc(N(c2cccc3ccccc23)c2cccc3ccccc23)cc1. The van der Waals surface area contributed by atoms with Crippen molar-refractivity contribution in [1.29, 1.82) is 0 Å². The highest BCUT2D eigenvalue weighted by atomic mass is 16.5. The zero-order valence-corrected chi connectivity index (χ0v) is 18.4. The highest BCUT2D eigenvalue weighted by Gasteiger charge is 2.17. The summed E-state index contributed by atoms with van der Waals surface area (Å²) in [7, 11) is 0. The van der Waals surface area contributed by atoms with Crippen LogP contribution in [0.4, 0.5) is 17.1 Å². The molecule has 0 aliphatic rings. The predicted octanol–water partition coefficient (Wildman–Crippen LogP) is 8.64. The molecule has 0 unspecified atom stereocenters. The fraction of sp³-hybridized carbons (Fsp3) is 0.133. The first-order valence-corrected chi connectivity index (χ1v) is 11.3. The van der Waals surface area contributed by atoms with Crippen molar-refractivity contribution < 1.29 is 4.74 Å². The highest BCUT2D eigenvalue weighted by molar-refractivity contribution is 6.04. The van der Waals surface area contributed by atoms with Crippen LogP contribution in [0.3, 0.4) is 0 Å². The minimum Gasteiger partial charge on any atom is -0.494 e. The van der Waals surface area contributed by atoms with Gasteiger partial charge in [0.15, 0.2) is 0 Å². The summed E-state index contributed by atoms with van der Waals surface area (Å²) in [6, 6.07) is 38.6. The van der Waals surface area contributed by atoms with E-state index in [4.69, 9.17) is 4.74 Å². The zero-order valence-electron chi connectivity index (χ0n) is 18.4. The number of fused-ring (bicyclic) bond motifs is 2. The lowest BCUT2D eigenvalue weighted by molar-refractivity contribution is 0.309. The fourth-order valence-electron chi connectivity index (χ4n) is 4.24. The molecule has 0 amide bonds. The van der Waals surface area contributed by atoms with Gasteiger partial charge >= 0.3 is 0 Å². The molecule has 0 saturated heterocycles. The minimum atomic E-state index is 0.756. The summed E-state index contributed by atoms with van der Waals surface area (Å²) in [6.07, 6.45) is 2.20. The van der Waals surface area contributed by atoms with Crippen molar-refractivity contribution >= 4 is 38.6 Å². The van der Waals surface area contributed by atoms with Crippen LogP contribution in [0.15, 0.2) is 109 Å². The van der Waals surface area contributed by atoms with Gasteiger partial charge in [-0.2, -0.15) is 0 Å². The average molecular weight is 418 g/mol. The van der Waals surface area contributed by atoms with Crippen molar-refractivity contribution in [3.8, 4) is 5.75 Å². The van der Waals surface area contributed by atoms with Crippen molar-refractivity contribution in [2.75, 3.05) is 11.5 Å². The Morgan fingerprint density at radius 1 is 0.594 bits per heavy atom. The second-order valence-electron chi connectivity index (χ2n) is 8.03. The largest absolute Gasteiger partial charge is 0.494 e. The topological polar surface area (TPSA) is 12.5 Å². The molecule has 5 aromatic carbocycles. The maximum atomic E-state index is 5.91. The lowest BCUT2D eigenvalue weighted by atomic mass is 10.0. The number of ether oxygens (including phenoxy) is 1. The Morgan fingerprint density at radius 2 is 1.12 bits per heavy atom. The van der Waals surface area contributed by atoms with Crippen LogP contribution in [0.5, 0.6) is 5.75 Å². The van der Waals surface area contributed by atoms with E-state index >= 15 is 0 Å². The fourth-order valence-corrected chi connectivity index (χ4v) is 4.24. The molecule has 32 heavy (non-hydrogen) atoms. The van der Waals surface area contributed by atoms with Gasteiger partial charge in [0.1, 0.15) is 5.75 Å². The highest BCUT2D eigenvalue weighted by Crippen LogP contribution is 2.42. The first kappa shape index (κ1) is 20.1. The molecule has 0 atom stereocenters. The number of anilines is 3. The van der Waals surface area contributed by atoms with E-state index in [9.17, 15) is 0 Å². The van der Waals surface area contributed by atoms with E-state index in [-0.39, 0.29) is 0 Å². The third-order valence-corrected chi connectivity index (χ3v) is 5.88. The van der Waals surface area contributed by atoms with Crippen molar-refractivity contribution in [2.24, 2.45) is 0 Å². The first-order chi connectivity index (χ1) is 15.8. The van der Waals surface area contributed by atoms with E-state index in [0.29, 0.717) is 0 Å². The molecule has 0 N–H and O–H groups in total. The number of hydrogen-bond acceptors (Lipinski definition) is 2. The van der Waals surface area contributed by atoms with Crippen LogP contribution in [0.1, 0.15) is 19.8 Å². The molecule has 0 heterocycles. The van der Waals surface area contributed by atoms with Crippen LogP contribution in [-0.2, 0) is 0 Å². The van der Waals surface area contributed by atoms with Gasteiger partial charge in [0.2, 0.25) is 0 Å². The lowest BCUT2D eigenvalue weighted by Crippen LogP contribution is -2.11. The number of rotatable bonds is 7. The lowest BCUT2D eigenvalue weighted by Gasteiger charge is -2.28. The normalized spacial score (nSPS) is 11.0. The van der Waals surface area contributed by atoms with E-state index in [1.54, 1.807) is 0 Å². The van der Waals surface area contributed by atoms with E-state index < -0.39 is 0 Å². The van der Waals surface area contributed by atoms with Crippen LogP contribution in [-0.4, -0.2) is 6.61 Å². The van der Waals surface area contributed by atoms with Gasteiger partial charge in [-0.1, -0.05) is 86.1 Å². The molecule has 0 bridgehead atoms. The summed E-state index contributed by atoms with van der Waals surface area (Å²) in [6.45, 7) is 2.94. The monoisotopic (exact) mass is 417 g/mol. The Morgan fingerprint density at radius 3 is 1.69 bits per heavy atom. The van der Waals surface area contributed by atoms with E-state index in [1.807, 2.05) is 0 Å². The van der Waals surface area contributed by atoms with Crippen molar-refractivity contribution in [3.05, 3.63) is 109 Å². The van der Waals surface area contributed by atoms with Crippen LogP contribution < -0.4 is 9.64 Å². The number of hydrogen-bond donors (Lipinski definition) is 0. The maximum Gasteiger partial charge on any atom is 0.119 e. The van der Waals surface area contributed by atoms with Crippen LogP contribution >= 0.6 is 0 Å². The number of unbranched alkanes of at least 4 members (excludes halogenated alkanes) is 1. The zero-order chi connectivity index (χ0) is 21.8. The molecule has 0 saturated carbocycles. The Bertz CT molecular complexity index is 1250. The number of nitrogens with zero attached hydrogens (tertiary/aromatic N) is 1. The van der Waals surface area contributed by atoms with Gasteiger partial charge in [0.05, 0.1) is 18.0 Å². The molecule has 5 rings (SSSR count). The molecule has 0 aliphatic carbocycles. The molecule has 2 nitrogen and oxygen atoms in total. The van der Waals surface area contributed by atoms with Gasteiger partial charge in [-0.15, -0.1) is 0 Å². The molecule has 2 heteroatoms. The van der Waals surface area contributed by atoms with E-state index in [0.717, 1.165) is 30.9 Å². The average Bonchev–Trinajstić information content (AvgIpc) is 2.86. The molecular weight excluding hydrogens is 390 g/mol. The Balaban J connectivity index is 1.68. The molecule has 0 fully saturated rings. The Kier molecular flexibility index (Phi) is 5.76. The second kappa shape index (κ2) is 9.15. The van der Waals surface area contributed by atoms with Gasteiger partial charge < -0.3 is 9.64 Å². The molecule has 0 spiro atoms. The number of benzene rings is 5. The maximum absolute atomic E-state index is 5.91. The van der Waals surface area contributed by atoms with Crippen molar-refractivity contribution in [2.45, 2.75) is 19.8 Å². The van der Waals surface area contributed by atoms with Crippen LogP contribution in [0.25, 0.3) is 21.5 Å². The smallest absolute Gasteiger partial charge is 0.119 e. The molecular formula is C30H27NO. The van der Waals surface area contributed by atoms with Gasteiger partial charge in [-0.05, 0) is 53.6 Å². The van der Waals surface area contributed by atoms with Gasteiger partial charge in [-0.3, -0.25) is 0 Å². The predicted molar refractivity (Wildman–Crippen MR) is 137 cm³/mol. The molecule has 0 radical (unpaired) electrons. The summed E-state index contributed by atoms with van der Waals surface area (Å²) in [5.74, 6) is 0.915. The van der Waals surface area contributed by atoms with Gasteiger partial charge in [-0.25, -0.2) is 0 Å². The standard InChI is InChI=1S/C30H27NO/c1-2-3-22-32-26-20-18-25(19-21-26)31(29-16-8-12-23-10-4-6-14-27(23)29)30-17-9-13-24-11-5-7-15-28(24)30/h4-21H,2-3,22H2,1H3. The summed E-state index contributed by atoms with van der Waals surface area (Å²) in [4.78, 5) is 2.36. The summed E-state index contributed by atoms with van der Waals surface area (Å²) < 4.78 is 5.91. The third-order valence-electron chi connectivity index (χ3n) is 5.88. The summed E-state index contributed by atoms with van der Waals surface area (Å²) in [5.41, 5.74) is 3.44. The van der Waals surface area contributed by atoms with Crippen LogP contribution in [0, 0.1) is 0 Å².